The number of hydrogen-bond donors (Lipinski definition) is 1. The first-order chi connectivity index (χ1) is 8.99. The third-order valence-corrected chi connectivity index (χ3v) is 4.15. The standard InChI is InChI=1S/C16H28N2O/c1-7-16(3,18(5)6)15(17-4)13-10-9-11-14(12-13)19-8-2/h9-12,15,17H,7-8H2,1-6H3. The Hall–Kier alpha value is -1.06. The van der Waals surface area contributed by atoms with E-state index in [1.54, 1.807) is 0 Å². The Morgan fingerprint density at radius 1 is 1.32 bits per heavy atom. The summed E-state index contributed by atoms with van der Waals surface area (Å²) in [7, 11) is 6.30. The fourth-order valence-corrected chi connectivity index (χ4v) is 2.57. The van der Waals surface area contributed by atoms with Crippen molar-refractivity contribution in [2.75, 3.05) is 27.7 Å². The molecule has 19 heavy (non-hydrogen) atoms. The number of likely N-dealkylation sites (N-methyl/N-ethyl adjacent to an activating group) is 2. The fraction of sp³-hybridized carbons (Fsp3) is 0.625. The Labute approximate surface area is 118 Å². The van der Waals surface area contributed by atoms with E-state index in [0.717, 1.165) is 12.2 Å². The second-order valence-electron chi connectivity index (χ2n) is 5.33. The van der Waals surface area contributed by atoms with E-state index in [9.17, 15) is 0 Å². The first kappa shape index (κ1) is 16.0. The van der Waals surface area contributed by atoms with Crippen LogP contribution in [0.3, 0.4) is 0 Å². The summed E-state index contributed by atoms with van der Waals surface area (Å²) in [5.41, 5.74) is 1.34. The van der Waals surface area contributed by atoms with Crippen LogP contribution in [0, 0.1) is 0 Å². The molecule has 0 spiro atoms. The molecule has 108 valence electrons. The number of benzene rings is 1. The van der Waals surface area contributed by atoms with Crippen molar-refractivity contribution in [3.63, 3.8) is 0 Å². The summed E-state index contributed by atoms with van der Waals surface area (Å²) in [6, 6.07) is 8.66. The summed E-state index contributed by atoms with van der Waals surface area (Å²) in [5, 5.41) is 3.46. The highest BCUT2D eigenvalue weighted by Gasteiger charge is 2.34. The largest absolute Gasteiger partial charge is 0.494 e. The van der Waals surface area contributed by atoms with E-state index >= 15 is 0 Å². The van der Waals surface area contributed by atoms with Crippen molar-refractivity contribution < 1.29 is 4.74 Å². The van der Waals surface area contributed by atoms with Crippen LogP contribution in [0.25, 0.3) is 0 Å². The average molecular weight is 264 g/mol. The summed E-state index contributed by atoms with van der Waals surface area (Å²) < 4.78 is 5.61. The minimum Gasteiger partial charge on any atom is -0.494 e. The molecule has 1 aromatic carbocycles. The Balaban J connectivity index is 3.11. The van der Waals surface area contributed by atoms with Crippen molar-refractivity contribution in [1.82, 2.24) is 10.2 Å². The lowest BCUT2D eigenvalue weighted by molar-refractivity contribution is 0.117. The molecule has 1 N–H and O–H groups in total. The smallest absolute Gasteiger partial charge is 0.119 e. The number of rotatable bonds is 7. The number of nitrogens with one attached hydrogen (secondary N) is 1. The highest BCUT2D eigenvalue weighted by Crippen LogP contribution is 2.33. The highest BCUT2D eigenvalue weighted by molar-refractivity contribution is 5.32. The van der Waals surface area contributed by atoms with Crippen LogP contribution >= 0.6 is 0 Å². The van der Waals surface area contributed by atoms with Gasteiger partial charge in [-0.15, -0.1) is 0 Å². The van der Waals surface area contributed by atoms with Gasteiger partial charge in [-0.2, -0.15) is 0 Å². The van der Waals surface area contributed by atoms with E-state index in [4.69, 9.17) is 4.74 Å². The Morgan fingerprint density at radius 3 is 2.47 bits per heavy atom. The van der Waals surface area contributed by atoms with E-state index in [2.05, 4.69) is 56.4 Å². The molecule has 2 atom stereocenters. The summed E-state index contributed by atoms with van der Waals surface area (Å²) in [5.74, 6) is 0.942. The van der Waals surface area contributed by atoms with Gasteiger partial charge in [0.05, 0.1) is 12.6 Å². The summed E-state index contributed by atoms with van der Waals surface area (Å²) in [6.07, 6.45) is 1.07. The molecule has 1 rings (SSSR count). The molecule has 0 aromatic heterocycles. The lowest BCUT2D eigenvalue weighted by Gasteiger charge is -2.43. The maximum absolute atomic E-state index is 5.61. The van der Waals surface area contributed by atoms with Gasteiger partial charge in [-0.05, 0) is 59.1 Å². The van der Waals surface area contributed by atoms with Crippen molar-refractivity contribution in [2.45, 2.75) is 38.8 Å². The topological polar surface area (TPSA) is 24.5 Å². The van der Waals surface area contributed by atoms with Gasteiger partial charge in [0.1, 0.15) is 5.75 Å². The first-order valence-electron chi connectivity index (χ1n) is 7.07. The van der Waals surface area contributed by atoms with Crippen molar-refractivity contribution >= 4 is 0 Å². The van der Waals surface area contributed by atoms with Gasteiger partial charge in [0.2, 0.25) is 0 Å². The van der Waals surface area contributed by atoms with Gasteiger partial charge >= 0.3 is 0 Å². The lowest BCUT2D eigenvalue weighted by Crippen LogP contribution is -2.50. The molecule has 3 heteroatoms. The van der Waals surface area contributed by atoms with Crippen LogP contribution in [0.2, 0.25) is 0 Å². The molecule has 0 heterocycles. The molecule has 0 aliphatic heterocycles. The fourth-order valence-electron chi connectivity index (χ4n) is 2.57. The Bertz CT molecular complexity index is 392. The molecule has 1 aromatic rings. The quantitative estimate of drug-likeness (QED) is 0.819. The Kier molecular flexibility index (Phi) is 5.83. The second kappa shape index (κ2) is 6.92. The van der Waals surface area contributed by atoms with Crippen LogP contribution in [0.5, 0.6) is 5.75 Å². The molecule has 2 unspecified atom stereocenters. The minimum absolute atomic E-state index is 0.0690. The van der Waals surface area contributed by atoms with Crippen molar-refractivity contribution in [3.05, 3.63) is 29.8 Å². The van der Waals surface area contributed by atoms with Gasteiger partial charge in [0, 0.05) is 5.54 Å². The molecular weight excluding hydrogens is 236 g/mol. The van der Waals surface area contributed by atoms with Crippen LogP contribution in [-0.4, -0.2) is 38.2 Å². The monoisotopic (exact) mass is 264 g/mol. The zero-order valence-electron chi connectivity index (χ0n) is 13.2. The van der Waals surface area contributed by atoms with Crippen molar-refractivity contribution in [3.8, 4) is 5.75 Å². The zero-order valence-corrected chi connectivity index (χ0v) is 13.2. The Morgan fingerprint density at radius 2 is 2.00 bits per heavy atom. The maximum atomic E-state index is 5.61. The van der Waals surface area contributed by atoms with Gasteiger partial charge < -0.3 is 15.0 Å². The summed E-state index contributed by atoms with van der Waals surface area (Å²) >= 11 is 0. The summed E-state index contributed by atoms with van der Waals surface area (Å²) in [6.45, 7) is 7.24. The van der Waals surface area contributed by atoms with E-state index in [1.807, 2.05) is 20.0 Å². The number of nitrogens with zero attached hydrogens (tertiary/aromatic N) is 1. The molecular formula is C16H28N2O. The molecule has 0 aliphatic rings. The normalized spacial score (nSPS) is 16.2. The van der Waals surface area contributed by atoms with E-state index < -0.39 is 0 Å². The zero-order chi connectivity index (χ0) is 14.5. The van der Waals surface area contributed by atoms with Crippen LogP contribution in [0.15, 0.2) is 24.3 Å². The van der Waals surface area contributed by atoms with Gasteiger partial charge in [0.25, 0.3) is 0 Å². The van der Waals surface area contributed by atoms with Gasteiger partial charge in [0.15, 0.2) is 0 Å². The first-order valence-corrected chi connectivity index (χ1v) is 7.07. The molecule has 0 saturated heterocycles. The van der Waals surface area contributed by atoms with E-state index in [1.165, 1.54) is 5.56 Å². The molecule has 0 saturated carbocycles. The van der Waals surface area contributed by atoms with E-state index in [-0.39, 0.29) is 11.6 Å². The van der Waals surface area contributed by atoms with Crippen LogP contribution in [-0.2, 0) is 0 Å². The average Bonchev–Trinajstić information content (AvgIpc) is 2.40. The predicted molar refractivity (Wildman–Crippen MR) is 81.8 cm³/mol. The second-order valence-corrected chi connectivity index (χ2v) is 5.33. The van der Waals surface area contributed by atoms with Crippen LogP contribution < -0.4 is 10.1 Å². The summed E-state index contributed by atoms with van der Waals surface area (Å²) in [4.78, 5) is 2.29. The minimum atomic E-state index is 0.0690. The van der Waals surface area contributed by atoms with Gasteiger partial charge in [-0.25, -0.2) is 0 Å². The molecule has 0 bridgehead atoms. The van der Waals surface area contributed by atoms with Crippen LogP contribution in [0.1, 0.15) is 38.8 Å². The lowest BCUT2D eigenvalue weighted by atomic mass is 9.83. The molecule has 3 nitrogen and oxygen atoms in total. The van der Waals surface area contributed by atoms with Gasteiger partial charge in [-0.3, -0.25) is 0 Å². The molecule has 0 aliphatic carbocycles. The molecule has 0 fully saturated rings. The number of hydrogen-bond acceptors (Lipinski definition) is 3. The maximum Gasteiger partial charge on any atom is 0.119 e. The SMILES string of the molecule is CCOc1cccc(C(NC)C(C)(CC)N(C)C)c1. The third kappa shape index (κ3) is 3.48. The highest BCUT2D eigenvalue weighted by atomic mass is 16.5. The molecule has 0 amide bonds. The van der Waals surface area contributed by atoms with Crippen molar-refractivity contribution in [2.24, 2.45) is 0 Å². The number of ether oxygens (including phenoxy) is 1. The molecule has 0 radical (unpaired) electrons. The van der Waals surface area contributed by atoms with Crippen molar-refractivity contribution in [1.29, 1.82) is 0 Å². The van der Waals surface area contributed by atoms with Crippen LogP contribution in [0.4, 0.5) is 0 Å². The van der Waals surface area contributed by atoms with Gasteiger partial charge in [-0.1, -0.05) is 19.1 Å². The third-order valence-electron chi connectivity index (χ3n) is 4.15. The predicted octanol–water partition coefficient (Wildman–Crippen LogP) is 3.08. The van der Waals surface area contributed by atoms with E-state index in [0.29, 0.717) is 6.61 Å².